The Labute approximate surface area is 93.0 Å². The van der Waals surface area contributed by atoms with Gasteiger partial charge in [0.05, 0.1) is 12.0 Å². The summed E-state index contributed by atoms with van der Waals surface area (Å²) in [6.07, 6.45) is 5.34. The number of hydrogen-bond donors (Lipinski definition) is 1. The van der Waals surface area contributed by atoms with Gasteiger partial charge in [-0.25, -0.2) is 0 Å². The smallest absolute Gasteiger partial charge is 0.232 e. The molecule has 0 aliphatic heterocycles. The Morgan fingerprint density at radius 3 is 2.07 bits per heavy atom. The van der Waals surface area contributed by atoms with E-state index in [0.717, 1.165) is 0 Å². The van der Waals surface area contributed by atoms with E-state index in [1.807, 2.05) is 32.6 Å². The van der Waals surface area contributed by atoms with Gasteiger partial charge in [0.25, 0.3) is 0 Å². The number of rotatable bonds is 3. The quantitative estimate of drug-likeness (QED) is 0.758. The van der Waals surface area contributed by atoms with E-state index < -0.39 is 0 Å². The zero-order valence-electron chi connectivity index (χ0n) is 9.82. The molecule has 0 aromatic carbocycles. The third kappa shape index (κ3) is 2.71. The van der Waals surface area contributed by atoms with Crippen molar-refractivity contribution in [3.8, 4) is 0 Å². The molecule has 1 fully saturated rings. The van der Waals surface area contributed by atoms with E-state index in [2.05, 4.69) is 0 Å². The topological polar surface area (TPSA) is 46.3 Å². The van der Waals surface area contributed by atoms with Crippen molar-refractivity contribution in [1.82, 2.24) is 4.90 Å². The first-order valence-electron chi connectivity index (χ1n) is 5.29. The molecule has 1 aliphatic rings. The van der Waals surface area contributed by atoms with Crippen molar-refractivity contribution in [1.29, 1.82) is 0 Å². The molecule has 1 amide bonds. The molecule has 1 saturated carbocycles. The van der Waals surface area contributed by atoms with Gasteiger partial charge in [0.2, 0.25) is 5.91 Å². The number of carbonyl (C=O) groups excluding carboxylic acids is 1. The fourth-order valence-corrected chi connectivity index (χ4v) is 1.83. The van der Waals surface area contributed by atoms with E-state index in [1.54, 1.807) is 19.3 Å². The van der Waals surface area contributed by atoms with Gasteiger partial charge in [0, 0.05) is 12.1 Å². The van der Waals surface area contributed by atoms with Crippen LogP contribution in [0.3, 0.4) is 0 Å². The minimum absolute atomic E-state index is 0.0162. The first-order chi connectivity index (χ1) is 6.95. The summed E-state index contributed by atoms with van der Waals surface area (Å²) in [7, 11) is 0. The Hall–Kier alpha value is -0.570. The van der Waals surface area contributed by atoms with E-state index in [0.29, 0.717) is 12.0 Å². The minimum Gasteiger partial charge on any atom is -0.337 e. The van der Waals surface area contributed by atoms with Crippen molar-refractivity contribution in [3.05, 3.63) is 31.2 Å². The number of carbonyl (C=O) groups is 1. The summed E-state index contributed by atoms with van der Waals surface area (Å²) in [4.78, 5) is 14.0. The highest BCUT2D eigenvalue weighted by molar-refractivity contribution is 5.97. The monoisotopic (exact) mass is 207 g/mol. The summed E-state index contributed by atoms with van der Waals surface area (Å²) in [5, 5.41) is 0. The van der Waals surface area contributed by atoms with Crippen LogP contribution in [-0.2, 0) is 4.79 Å². The van der Waals surface area contributed by atoms with Gasteiger partial charge in [0.15, 0.2) is 0 Å². The predicted octanol–water partition coefficient (Wildman–Crippen LogP) is 1.32. The first kappa shape index (κ1) is 12.5. The van der Waals surface area contributed by atoms with Crippen LogP contribution in [0.25, 0.3) is 0 Å². The zero-order chi connectivity index (χ0) is 11.6. The molecule has 0 saturated heterocycles. The predicted molar refractivity (Wildman–Crippen MR) is 60.7 cm³/mol. The van der Waals surface area contributed by atoms with E-state index >= 15 is 0 Å². The van der Waals surface area contributed by atoms with E-state index in [-0.39, 0.29) is 18.0 Å². The molecule has 0 aromatic rings. The molecule has 0 atom stereocenters. The fourth-order valence-electron chi connectivity index (χ4n) is 1.83. The molecule has 15 heavy (non-hydrogen) atoms. The average molecular weight is 207 g/mol. The van der Waals surface area contributed by atoms with E-state index in [9.17, 15) is 4.79 Å². The Morgan fingerprint density at radius 2 is 1.73 bits per heavy atom. The van der Waals surface area contributed by atoms with E-state index in [4.69, 9.17) is 5.73 Å². The van der Waals surface area contributed by atoms with Crippen LogP contribution in [0, 0.1) is 31.2 Å². The second-order valence-corrected chi connectivity index (χ2v) is 4.29. The zero-order valence-corrected chi connectivity index (χ0v) is 9.82. The summed E-state index contributed by atoms with van der Waals surface area (Å²) >= 11 is 0. The van der Waals surface area contributed by atoms with Crippen LogP contribution in [0.15, 0.2) is 0 Å². The Kier molecular flexibility index (Phi) is 4.14. The SMILES string of the molecule is CC(C)N(C(=O)[C]1[CH][CH][CH][C]1N)C(C)C. The summed E-state index contributed by atoms with van der Waals surface area (Å²) in [5.41, 5.74) is 5.73. The summed E-state index contributed by atoms with van der Waals surface area (Å²) < 4.78 is 0. The van der Waals surface area contributed by atoms with Crippen molar-refractivity contribution in [3.63, 3.8) is 0 Å². The lowest BCUT2D eigenvalue weighted by atomic mass is 10.0. The second-order valence-electron chi connectivity index (χ2n) is 4.29. The van der Waals surface area contributed by atoms with Crippen LogP contribution in [0.1, 0.15) is 27.7 Å². The lowest BCUT2D eigenvalue weighted by molar-refractivity contribution is -0.132. The molecule has 1 rings (SSSR count). The highest BCUT2D eigenvalue weighted by Gasteiger charge is 2.36. The first-order valence-corrected chi connectivity index (χ1v) is 5.29. The lowest BCUT2D eigenvalue weighted by Crippen LogP contribution is -2.46. The molecule has 0 bridgehead atoms. The van der Waals surface area contributed by atoms with Gasteiger partial charge in [-0.15, -0.1) is 0 Å². The Bertz CT molecular complexity index is 218. The molecule has 0 aromatic heterocycles. The molecule has 0 heterocycles. The normalized spacial score (nSPS) is 19.1. The highest BCUT2D eigenvalue weighted by atomic mass is 16.2. The van der Waals surface area contributed by atoms with Gasteiger partial charge in [-0.3, -0.25) is 4.79 Å². The largest absolute Gasteiger partial charge is 0.337 e. The average Bonchev–Trinajstić information content (AvgIpc) is 2.49. The summed E-state index contributed by atoms with van der Waals surface area (Å²) in [5.74, 6) is 0.625. The van der Waals surface area contributed by atoms with Crippen molar-refractivity contribution in [2.75, 3.05) is 0 Å². The third-order valence-corrected chi connectivity index (χ3v) is 2.43. The van der Waals surface area contributed by atoms with Crippen molar-refractivity contribution >= 4 is 5.91 Å². The van der Waals surface area contributed by atoms with Gasteiger partial charge < -0.3 is 10.6 Å². The fraction of sp³-hybridized carbons (Fsp3) is 0.500. The van der Waals surface area contributed by atoms with Crippen LogP contribution in [-0.4, -0.2) is 22.9 Å². The summed E-state index contributed by atoms with van der Waals surface area (Å²) in [6.45, 7) is 8.04. The molecular weight excluding hydrogens is 188 g/mol. The maximum absolute atomic E-state index is 12.2. The Morgan fingerprint density at radius 1 is 1.20 bits per heavy atom. The molecule has 0 spiro atoms. The van der Waals surface area contributed by atoms with Gasteiger partial charge >= 0.3 is 0 Å². The number of nitrogens with two attached hydrogens (primary N) is 1. The maximum Gasteiger partial charge on any atom is 0.232 e. The number of nitrogens with zero attached hydrogens (tertiary/aromatic N) is 1. The van der Waals surface area contributed by atoms with Crippen LogP contribution in [0.4, 0.5) is 0 Å². The molecule has 1 aliphatic carbocycles. The summed E-state index contributed by atoms with van der Waals surface area (Å²) in [6, 6.07) is 0.935. The minimum atomic E-state index is 0.0162. The standard InChI is InChI=1S/C12H19N2O/c1-8(2)14(9(3)4)12(15)10-6-5-7-11(10)13/h5-9H,13H2,1-4H3. The van der Waals surface area contributed by atoms with Crippen molar-refractivity contribution in [2.45, 2.75) is 39.8 Å². The molecule has 83 valence electrons. The maximum atomic E-state index is 12.2. The van der Waals surface area contributed by atoms with Crippen LogP contribution < -0.4 is 5.73 Å². The molecule has 3 heteroatoms. The van der Waals surface area contributed by atoms with Crippen molar-refractivity contribution in [2.24, 2.45) is 5.73 Å². The molecule has 0 unspecified atom stereocenters. The number of hydrogen-bond acceptors (Lipinski definition) is 2. The van der Waals surface area contributed by atoms with Gasteiger partial charge in [-0.1, -0.05) is 0 Å². The third-order valence-electron chi connectivity index (χ3n) is 2.43. The van der Waals surface area contributed by atoms with Crippen LogP contribution in [0.5, 0.6) is 0 Å². The number of amides is 1. The lowest BCUT2D eigenvalue weighted by Gasteiger charge is -2.33. The molecule has 5 radical (unpaired) electrons. The second kappa shape index (κ2) is 4.97. The van der Waals surface area contributed by atoms with Gasteiger partial charge in [0.1, 0.15) is 0 Å². The Balaban J connectivity index is 2.71. The van der Waals surface area contributed by atoms with E-state index in [1.165, 1.54) is 0 Å². The van der Waals surface area contributed by atoms with Crippen molar-refractivity contribution < 1.29 is 4.79 Å². The van der Waals surface area contributed by atoms with Gasteiger partial charge in [-0.2, -0.15) is 0 Å². The van der Waals surface area contributed by atoms with Crippen LogP contribution in [0.2, 0.25) is 0 Å². The molecule has 3 nitrogen and oxygen atoms in total. The highest BCUT2D eigenvalue weighted by Crippen LogP contribution is 2.31. The van der Waals surface area contributed by atoms with Gasteiger partial charge in [-0.05, 0) is 47.0 Å². The van der Waals surface area contributed by atoms with Crippen LogP contribution >= 0.6 is 0 Å². The molecule has 2 N–H and O–H groups in total. The molecular formula is C12H19N2O.